The number of benzene rings is 2. The average Bonchev–Trinajstić information content (AvgIpc) is 3.57. The van der Waals surface area contributed by atoms with Gasteiger partial charge in [0.1, 0.15) is 5.75 Å². The molecule has 0 atom stereocenters. The molecule has 0 amide bonds. The second kappa shape index (κ2) is 9.52. The molecule has 0 saturated heterocycles. The first-order chi connectivity index (χ1) is 16.3. The predicted octanol–water partition coefficient (Wildman–Crippen LogP) is 5.05. The molecule has 0 bridgehead atoms. The molecule has 1 N–H and O–H groups in total. The Kier molecular flexibility index (Phi) is 5.97. The molecule has 0 aliphatic heterocycles. The first-order valence-electron chi connectivity index (χ1n) is 10.9. The second-order valence-corrected chi connectivity index (χ2v) is 7.56. The maximum atomic E-state index is 5.58. The second-order valence-electron chi connectivity index (χ2n) is 7.56. The van der Waals surface area contributed by atoms with Crippen LogP contribution in [0.3, 0.4) is 0 Å². The third kappa shape index (κ3) is 4.55. The van der Waals surface area contributed by atoms with E-state index in [1.807, 2.05) is 37.6 Å². The summed E-state index contributed by atoms with van der Waals surface area (Å²) in [4.78, 5) is 8.74. The third-order valence-electron chi connectivity index (χ3n) is 5.41. The Morgan fingerprint density at radius 1 is 1.09 bits per heavy atom. The summed E-state index contributed by atoms with van der Waals surface area (Å²) >= 11 is 0. The van der Waals surface area contributed by atoms with Gasteiger partial charge in [0.2, 0.25) is 6.39 Å². The molecular weight excluding hydrogens is 416 g/mol. The number of fused-ring (bicyclic) bond motifs is 1. The lowest BCUT2D eigenvalue weighted by molar-refractivity contribution is 0.340. The van der Waals surface area contributed by atoms with Gasteiger partial charge in [0, 0.05) is 37.1 Å². The highest BCUT2D eigenvalue weighted by molar-refractivity contribution is 6.00. The van der Waals surface area contributed by atoms with Crippen LogP contribution in [0, 0.1) is 0 Å². The molecule has 2 aromatic carbocycles. The van der Waals surface area contributed by atoms with Gasteiger partial charge in [-0.1, -0.05) is 18.2 Å². The summed E-state index contributed by atoms with van der Waals surface area (Å²) in [5.74, 6) is 1.30. The quantitative estimate of drug-likeness (QED) is 0.321. The van der Waals surface area contributed by atoms with E-state index in [4.69, 9.17) is 9.15 Å². The zero-order valence-electron chi connectivity index (χ0n) is 18.3. The molecule has 0 aliphatic rings. The first kappa shape index (κ1) is 20.7. The number of anilines is 1. The largest absolute Gasteiger partial charge is 0.494 e. The smallest absolute Gasteiger partial charge is 0.251 e. The van der Waals surface area contributed by atoms with Gasteiger partial charge in [-0.25, -0.2) is 4.98 Å². The molecule has 0 unspecified atom stereocenters. The van der Waals surface area contributed by atoms with Crippen molar-refractivity contribution in [2.45, 2.75) is 19.9 Å². The van der Waals surface area contributed by atoms with Crippen LogP contribution in [0.15, 0.2) is 78.2 Å². The Labute approximate surface area is 191 Å². The van der Waals surface area contributed by atoms with Gasteiger partial charge in [-0.15, -0.1) is 10.2 Å². The normalized spacial score (nSPS) is 11.1. The van der Waals surface area contributed by atoms with E-state index in [1.165, 1.54) is 6.39 Å². The van der Waals surface area contributed by atoms with E-state index in [9.17, 15) is 0 Å². The van der Waals surface area contributed by atoms with Crippen molar-refractivity contribution in [2.75, 3.05) is 18.5 Å². The van der Waals surface area contributed by atoms with Crippen molar-refractivity contribution in [3.63, 3.8) is 0 Å². The molecule has 0 spiro atoms. The number of pyridine rings is 1. The molecule has 0 fully saturated rings. The highest BCUT2D eigenvalue weighted by Gasteiger charge is 2.15. The molecule has 3 heterocycles. The third-order valence-corrected chi connectivity index (χ3v) is 5.41. The zero-order chi connectivity index (χ0) is 22.5. The fourth-order valence-electron chi connectivity index (χ4n) is 3.82. The van der Waals surface area contributed by atoms with Gasteiger partial charge in [-0.3, -0.25) is 4.98 Å². The van der Waals surface area contributed by atoms with E-state index < -0.39 is 0 Å². The minimum atomic E-state index is 0.438. The van der Waals surface area contributed by atoms with Crippen LogP contribution in [0.5, 0.6) is 5.75 Å². The lowest BCUT2D eigenvalue weighted by atomic mass is 10.0. The lowest BCUT2D eigenvalue weighted by Crippen LogP contribution is -2.07. The van der Waals surface area contributed by atoms with E-state index in [0.29, 0.717) is 12.5 Å². The first-order valence-corrected chi connectivity index (χ1v) is 10.9. The van der Waals surface area contributed by atoms with E-state index in [-0.39, 0.29) is 0 Å². The number of hydrogen-bond acceptors (Lipinski definition) is 7. The van der Waals surface area contributed by atoms with Gasteiger partial charge in [0.15, 0.2) is 0 Å². The summed E-state index contributed by atoms with van der Waals surface area (Å²) < 4.78 is 13.1. The van der Waals surface area contributed by atoms with Crippen LogP contribution < -0.4 is 10.1 Å². The Morgan fingerprint density at radius 3 is 2.73 bits per heavy atom. The molecule has 5 aromatic rings. The lowest BCUT2D eigenvalue weighted by Gasteiger charge is -2.14. The number of aryl methyl sites for hydroxylation is 1. The van der Waals surface area contributed by atoms with E-state index >= 15 is 0 Å². The van der Waals surface area contributed by atoms with Gasteiger partial charge in [0.25, 0.3) is 5.89 Å². The predicted molar refractivity (Wildman–Crippen MR) is 127 cm³/mol. The summed E-state index contributed by atoms with van der Waals surface area (Å²) in [7, 11) is 0. The van der Waals surface area contributed by atoms with E-state index in [1.54, 1.807) is 12.4 Å². The molecule has 166 valence electrons. The topological polar surface area (TPSA) is 90.9 Å². The molecular formula is C25H24N6O2. The Hall–Kier alpha value is -4.20. The van der Waals surface area contributed by atoms with Crippen LogP contribution in [0.4, 0.5) is 5.69 Å². The van der Waals surface area contributed by atoms with Crippen molar-refractivity contribution < 1.29 is 9.15 Å². The van der Waals surface area contributed by atoms with Crippen molar-refractivity contribution in [3.05, 3.63) is 73.8 Å². The van der Waals surface area contributed by atoms with Crippen LogP contribution >= 0.6 is 0 Å². The molecule has 3 aromatic heterocycles. The standard InChI is InChI=1S/C25H24N6O2/c1-2-32-20-7-4-18(5-8-20)19-6-9-23-21(14-19)24(22(15-28-23)25-30-29-17-33-25)27-10-3-12-31-13-11-26-16-31/h4-9,11,13-17H,2-3,10,12H2,1H3,(H,27,28). The Morgan fingerprint density at radius 2 is 1.97 bits per heavy atom. The van der Waals surface area contributed by atoms with Crippen molar-refractivity contribution >= 4 is 16.6 Å². The van der Waals surface area contributed by atoms with Crippen LogP contribution in [0.1, 0.15) is 13.3 Å². The van der Waals surface area contributed by atoms with E-state index in [2.05, 4.69) is 54.3 Å². The number of nitrogens with zero attached hydrogens (tertiary/aromatic N) is 5. The van der Waals surface area contributed by atoms with Gasteiger partial charge in [-0.2, -0.15) is 0 Å². The summed E-state index contributed by atoms with van der Waals surface area (Å²) in [5, 5.41) is 12.5. The number of nitrogens with one attached hydrogen (secondary N) is 1. The summed E-state index contributed by atoms with van der Waals surface area (Å²) in [5.41, 5.74) is 4.81. The number of ether oxygens (including phenoxy) is 1. The zero-order valence-corrected chi connectivity index (χ0v) is 18.3. The van der Waals surface area contributed by atoms with Crippen molar-refractivity contribution in [3.8, 4) is 28.3 Å². The van der Waals surface area contributed by atoms with Crippen molar-refractivity contribution in [2.24, 2.45) is 0 Å². The molecule has 8 nitrogen and oxygen atoms in total. The summed E-state index contributed by atoms with van der Waals surface area (Å²) in [6, 6.07) is 14.4. The van der Waals surface area contributed by atoms with Gasteiger partial charge in [0.05, 0.1) is 29.7 Å². The van der Waals surface area contributed by atoms with Gasteiger partial charge >= 0.3 is 0 Å². The maximum absolute atomic E-state index is 5.58. The molecule has 0 saturated carbocycles. The number of hydrogen-bond donors (Lipinski definition) is 1. The highest BCUT2D eigenvalue weighted by Crippen LogP contribution is 2.35. The number of aromatic nitrogens is 5. The minimum Gasteiger partial charge on any atom is -0.494 e. The summed E-state index contributed by atoms with van der Waals surface area (Å²) in [6.07, 6.45) is 9.63. The van der Waals surface area contributed by atoms with Crippen molar-refractivity contribution in [1.29, 1.82) is 0 Å². The molecule has 0 radical (unpaired) electrons. The molecule has 5 rings (SSSR count). The molecule has 8 heteroatoms. The number of imidazole rings is 1. The maximum Gasteiger partial charge on any atom is 0.251 e. The Bertz CT molecular complexity index is 1320. The summed E-state index contributed by atoms with van der Waals surface area (Å²) in [6.45, 7) is 4.28. The highest BCUT2D eigenvalue weighted by atomic mass is 16.5. The monoisotopic (exact) mass is 440 g/mol. The number of rotatable bonds is 9. The van der Waals surface area contributed by atoms with Crippen LogP contribution in [0.25, 0.3) is 33.5 Å². The van der Waals surface area contributed by atoms with Crippen LogP contribution in [-0.4, -0.2) is 37.9 Å². The molecule has 0 aliphatic carbocycles. The average molecular weight is 441 g/mol. The van der Waals surface area contributed by atoms with Crippen LogP contribution in [-0.2, 0) is 6.54 Å². The fourth-order valence-corrected chi connectivity index (χ4v) is 3.82. The van der Waals surface area contributed by atoms with Gasteiger partial charge < -0.3 is 19.0 Å². The van der Waals surface area contributed by atoms with Gasteiger partial charge in [-0.05, 0) is 48.7 Å². The van der Waals surface area contributed by atoms with Crippen LogP contribution in [0.2, 0.25) is 0 Å². The van der Waals surface area contributed by atoms with Crippen molar-refractivity contribution in [1.82, 2.24) is 24.7 Å². The molecule has 33 heavy (non-hydrogen) atoms. The fraction of sp³-hybridized carbons (Fsp3) is 0.200. The van der Waals surface area contributed by atoms with E-state index in [0.717, 1.165) is 58.5 Å². The SMILES string of the molecule is CCOc1ccc(-c2ccc3ncc(-c4nnco4)c(NCCCn4ccnc4)c3c2)cc1. The minimum absolute atomic E-state index is 0.438. The Balaban J connectivity index is 1.49.